The molecule has 0 atom stereocenters. The summed E-state index contributed by atoms with van der Waals surface area (Å²) < 4.78 is 28.0. The maximum atomic E-state index is 14.0. The molecule has 0 spiro atoms. The van der Waals surface area contributed by atoms with Gasteiger partial charge in [-0.3, -0.25) is 9.78 Å². The van der Waals surface area contributed by atoms with Gasteiger partial charge in [-0.15, -0.1) is 35.0 Å². The topological polar surface area (TPSA) is 50.2 Å². The van der Waals surface area contributed by atoms with Crippen LogP contribution in [-0.2, 0) is 24.9 Å². The van der Waals surface area contributed by atoms with Crippen LogP contribution in [0.5, 0.6) is 0 Å². The first-order valence-electron chi connectivity index (χ1n) is 19.8. The molecule has 1 radical (unpaired) electrons. The molecule has 0 aliphatic rings. The zero-order chi connectivity index (χ0) is 40.2. The quantitative estimate of drug-likeness (QED) is 0.0984. The minimum atomic E-state index is -2.00. The fraction of sp³-hybridized carbons (Fsp3) is 0.192. The van der Waals surface area contributed by atoms with Crippen molar-refractivity contribution in [2.45, 2.75) is 64.7 Å². The summed E-state index contributed by atoms with van der Waals surface area (Å²) in [5, 5.41) is 23.6. The molecule has 3 nitrogen and oxygen atoms in total. The molecule has 1 heterocycles. The second kappa shape index (κ2) is 17.9. The fourth-order valence-electron chi connectivity index (χ4n) is 7.44. The van der Waals surface area contributed by atoms with Crippen LogP contribution in [0.2, 0.25) is 0 Å². The number of aliphatic hydroxyl groups is 1. The first-order chi connectivity index (χ1) is 27.6. The van der Waals surface area contributed by atoms with Gasteiger partial charge >= 0.3 is 0 Å². The third kappa shape index (κ3) is 8.65. The van der Waals surface area contributed by atoms with Crippen LogP contribution in [-0.4, -0.2) is 27.2 Å². The van der Waals surface area contributed by atoms with E-state index >= 15 is 0 Å². The summed E-state index contributed by atoms with van der Waals surface area (Å²) in [4.78, 5) is 16.7. The number of benzene rings is 6. The number of rotatable bonds is 7. The van der Waals surface area contributed by atoms with E-state index in [2.05, 4.69) is 146 Å². The van der Waals surface area contributed by atoms with E-state index in [1.54, 1.807) is 27.7 Å². The van der Waals surface area contributed by atoms with Gasteiger partial charge in [0, 0.05) is 31.6 Å². The van der Waals surface area contributed by atoms with Gasteiger partial charge in [0.2, 0.25) is 0 Å². The van der Waals surface area contributed by atoms with E-state index < -0.39 is 22.9 Å². The summed E-state index contributed by atoms with van der Waals surface area (Å²) >= 11 is 0. The van der Waals surface area contributed by atoms with Crippen LogP contribution in [0.25, 0.3) is 75.7 Å². The monoisotopic (exact) mass is 947 g/mol. The molecule has 12 bridgehead atoms. The summed E-state index contributed by atoms with van der Waals surface area (Å²) in [7, 11) is 0. The number of pyridine rings is 1. The molecule has 8 aromatic rings. The second-order valence-electron chi connectivity index (χ2n) is 14.6. The first-order valence-corrected chi connectivity index (χ1v) is 19.8. The van der Waals surface area contributed by atoms with Gasteiger partial charge in [-0.1, -0.05) is 125 Å². The van der Waals surface area contributed by atoms with E-state index in [0.717, 1.165) is 27.2 Å². The number of hydrogen-bond donors (Lipinski definition) is 1. The minimum Gasteiger partial charge on any atom is -0.509 e. The average molecular weight is 947 g/mol. The van der Waals surface area contributed by atoms with Crippen molar-refractivity contribution in [2.24, 2.45) is 0 Å². The molecule has 7 aromatic carbocycles. The molecule has 1 aromatic heterocycles. The van der Waals surface area contributed by atoms with Crippen molar-refractivity contribution in [1.82, 2.24) is 4.98 Å². The number of ketones is 1. The zero-order valence-electron chi connectivity index (χ0n) is 33.2. The SMILES string of the molecule is CCC(F)(CC)C(=O)/C=C(\O)C(F)(CC)CC.[Ir].[c-]1ccc2cc1c1cc(c3cccc(c3)c3cccc(c3)c3cccc(c3)c3cccc2c3)c2ccccc2n1. The number of para-hydroxylation sites is 1. The Bertz CT molecular complexity index is 2930. The van der Waals surface area contributed by atoms with Crippen LogP contribution in [0.4, 0.5) is 8.78 Å². The Balaban J connectivity index is 0.000000270. The first kappa shape index (κ1) is 42.1. The van der Waals surface area contributed by atoms with Gasteiger partial charge in [-0.2, -0.15) is 0 Å². The maximum Gasteiger partial charge on any atom is 0.196 e. The number of hydrogen-bond acceptors (Lipinski definition) is 3. The zero-order valence-corrected chi connectivity index (χ0v) is 35.5. The van der Waals surface area contributed by atoms with E-state index in [9.17, 15) is 18.7 Å². The molecule has 0 saturated carbocycles. The van der Waals surface area contributed by atoms with Gasteiger partial charge in [0.15, 0.2) is 17.1 Å². The van der Waals surface area contributed by atoms with Crippen molar-refractivity contribution < 1.29 is 38.8 Å². The molecular weight excluding hydrogens is 901 g/mol. The molecular formula is C52H46F2IrNO2-. The average Bonchev–Trinajstić information content (AvgIpc) is 3.28. The summed E-state index contributed by atoms with van der Waals surface area (Å²) in [5.41, 5.74) is -2.03. The number of nitrogens with zero attached hydrogens (tertiary/aromatic N) is 1. The smallest absolute Gasteiger partial charge is 0.196 e. The predicted molar refractivity (Wildman–Crippen MR) is 237 cm³/mol. The molecule has 0 amide bonds. The van der Waals surface area contributed by atoms with Gasteiger partial charge < -0.3 is 5.11 Å². The van der Waals surface area contributed by atoms with Crippen molar-refractivity contribution >= 4 is 81.5 Å². The number of alkyl halides is 2. The predicted octanol–water partition coefficient (Wildman–Crippen LogP) is 14.7. The molecule has 0 saturated heterocycles. The molecule has 295 valence electrons. The van der Waals surface area contributed by atoms with E-state index in [4.69, 9.17) is 4.98 Å². The Morgan fingerprint density at radius 3 is 1.47 bits per heavy atom. The molecule has 0 unspecified atom stereocenters. The third-order valence-electron chi connectivity index (χ3n) is 11.3. The number of allylic oxidation sites excluding steroid dienone is 2. The maximum absolute atomic E-state index is 14.0. The van der Waals surface area contributed by atoms with Gasteiger partial charge in [-0.25, -0.2) is 8.78 Å². The third-order valence-corrected chi connectivity index (χ3v) is 11.3. The summed E-state index contributed by atoms with van der Waals surface area (Å²) in [5.74, 6) is -1.53. The number of carbonyl (C=O) groups is 1. The van der Waals surface area contributed by atoms with Crippen molar-refractivity contribution in [3.05, 3.63) is 163 Å². The van der Waals surface area contributed by atoms with E-state index in [1.807, 2.05) is 6.07 Å². The van der Waals surface area contributed by atoms with Gasteiger partial charge in [0.1, 0.15) is 5.76 Å². The van der Waals surface area contributed by atoms with E-state index in [-0.39, 0.29) is 45.8 Å². The Hall–Kier alpha value is -5.55. The Morgan fingerprint density at radius 2 is 0.983 bits per heavy atom. The van der Waals surface area contributed by atoms with Crippen LogP contribution >= 0.6 is 0 Å². The van der Waals surface area contributed by atoms with Gasteiger partial charge in [0.25, 0.3) is 0 Å². The van der Waals surface area contributed by atoms with Gasteiger partial charge in [-0.05, 0) is 110 Å². The summed E-state index contributed by atoms with van der Waals surface area (Å²) in [6.45, 7) is 6.24. The van der Waals surface area contributed by atoms with Crippen molar-refractivity contribution in [1.29, 1.82) is 0 Å². The molecule has 0 aliphatic carbocycles. The van der Waals surface area contributed by atoms with E-state index in [1.165, 1.54) is 48.5 Å². The largest absolute Gasteiger partial charge is 0.509 e. The van der Waals surface area contributed by atoms with Crippen LogP contribution in [0.3, 0.4) is 0 Å². The number of fused-ring (bicyclic) bond motifs is 20. The van der Waals surface area contributed by atoms with Gasteiger partial charge in [0.05, 0.1) is 5.52 Å². The van der Waals surface area contributed by atoms with Crippen LogP contribution in [0, 0.1) is 6.07 Å². The van der Waals surface area contributed by atoms with E-state index in [0.29, 0.717) is 6.08 Å². The summed E-state index contributed by atoms with van der Waals surface area (Å²) in [6, 6.07) is 55.8. The molecule has 0 aliphatic heterocycles. The Morgan fingerprint density at radius 1 is 0.552 bits per heavy atom. The summed E-state index contributed by atoms with van der Waals surface area (Å²) in [6.07, 6.45) is 0.848. The Kier molecular flexibility index (Phi) is 13.0. The number of carbonyl (C=O) groups excluding carboxylic acids is 1. The van der Waals surface area contributed by atoms with Crippen LogP contribution in [0.1, 0.15) is 53.4 Å². The molecule has 58 heavy (non-hydrogen) atoms. The minimum absolute atomic E-state index is 0. The second-order valence-corrected chi connectivity index (χ2v) is 14.6. The molecule has 1 N–H and O–H groups in total. The number of halogens is 2. The molecule has 8 rings (SSSR count). The standard InChI is InChI=1S/C39H24N.C13H22F2O2.Ir/c1-2-19-38-36(18-1)37-25-39(40-38)35-17-7-15-33(24-35)31-13-5-11-29(22-31)27-9-3-8-26(20-27)28-10-4-12-30(21-28)32-14-6-16-34(37)23-32;1-5-12(14,6-2)10(16)9-11(17)13(15,7-3)8-4;/h1-16,18-25H;9,16H,5-8H2,1-4H3;/q-1;;/b;10-9-;. The van der Waals surface area contributed by atoms with Crippen molar-refractivity contribution in [2.75, 3.05) is 0 Å². The van der Waals surface area contributed by atoms with Crippen molar-refractivity contribution in [3.63, 3.8) is 0 Å². The normalized spacial score (nSPS) is 12.0. The van der Waals surface area contributed by atoms with Crippen molar-refractivity contribution in [3.8, 4) is 0 Å². The molecule has 6 heteroatoms. The van der Waals surface area contributed by atoms with Crippen LogP contribution in [0.15, 0.2) is 157 Å². The number of aromatic nitrogens is 1. The molecule has 0 fully saturated rings. The van der Waals surface area contributed by atoms with Crippen LogP contribution < -0.4 is 0 Å². The fourth-order valence-corrected chi connectivity index (χ4v) is 7.44. The Labute approximate surface area is 351 Å². The number of aliphatic hydroxyl groups excluding tert-OH is 1.